The standard InChI is InChI=1S/C17H13BrN4O3/c1-11(16(23)12-6-8-13(18)9-7-12)25-17(24)14-4-2-3-5-15(14)22-10-19-20-21-22/h2-11H,1H3/t11-/m1/s1. The van der Waals surface area contributed by atoms with Crippen molar-refractivity contribution in [2.24, 2.45) is 0 Å². The molecule has 0 fully saturated rings. The number of esters is 1. The summed E-state index contributed by atoms with van der Waals surface area (Å²) >= 11 is 3.31. The van der Waals surface area contributed by atoms with Gasteiger partial charge in [-0.1, -0.05) is 40.2 Å². The fourth-order valence-electron chi connectivity index (χ4n) is 2.24. The maximum absolute atomic E-state index is 12.5. The van der Waals surface area contributed by atoms with E-state index >= 15 is 0 Å². The second-order valence-corrected chi connectivity index (χ2v) is 6.11. The van der Waals surface area contributed by atoms with Crippen LogP contribution in [0, 0.1) is 0 Å². The van der Waals surface area contributed by atoms with Crippen molar-refractivity contribution >= 4 is 27.7 Å². The third-order valence-electron chi connectivity index (χ3n) is 3.50. The van der Waals surface area contributed by atoms with Gasteiger partial charge < -0.3 is 4.74 Å². The van der Waals surface area contributed by atoms with Gasteiger partial charge in [0.15, 0.2) is 6.10 Å². The van der Waals surface area contributed by atoms with Gasteiger partial charge in [-0.15, -0.1) is 5.10 Å². The third kappa shape index (κ3) is 3.80. The first-order valence-electron chi connectivity index (χ1n) is 7.39. The lowest BCUT2D eigenvalue weighted by Gasteiger charge is -2.14. The predicted octanol–water partition coefficient (Wildman–Crippen LogP) is 2.85. The van der Waals surface area contributed by atoms with Gasteiger partial charge in [0.05, 0.1) is 11.3 Å². The molecule has 3 aromatic rings. The van der Waals surface area contributed by atoms with Crippen LogP contribution in [-0.2, 0) is 4.74 Å². The summed E-state index contributed by atoms with van der Waals surface area (Å²) in [5, 5.41) is 10.9. The monoisotopic (exact) mass is 400 g/mol. The molecule has 0 saturated heterocycles. The van der Waals surface area contributed by atoms with Gasteiger partial charge in [-0.05, 0) is 41.6 Å². The van der Waals surface area contributed by atoms with Gasteiger partial charge in [-0.3, -0.25) is 4.79 Å². The lowest BCUT2D eigenvalue weighted by Crippen LogP contribution is -2.25. The Hall–Kier alpha value is -2.87. The zero-order chi connectivity index (χ0) is 17.8. The molecule has 7 nitrogen and oxygen atoms in total. The molecule has 8 heteroatoms. The lowest BCUT2D eigenvalue weighted by atomic mass is 10.1. The molecule has 0 bridgehead atoms. The highest BCUT2D eigenvalue weighted by Gasteiger charge is 2.22. The van der Waals surface area contributed by atoms with Gasteiger partial charge in [-0.2, -0.15) is 4.68 Å². The van der Waals surface area contributed by atoms with Crippen LogP contribution in [0.4, 0.5) is 0 Å². The van der Waals surface area contributed by atoms with Crippen LogP contribution in [0.3, 0.4) is 0 Å². The number of halogens is 1. The minimum atomic E-state index is -0.921. The number of hydrogen-bond donors (Lipinski definition) is 0. The van der Waals surface area contributed by atoms with E-state index in [0.717, 1.165) is 4.47 Å². The summed E-state index contributed by atoms with van der Waals surface area (Å²) in [6.45, 7) is 1.54. The molecule has 1 atom stereocenters. The van der Waals surface area contributed by atoms with E-state index in [9.17, 15) is 9.59 Å². The highest BCUT2D eigenvalue weighted by atomic mass is 79.9. The Morgan fingerprint density at radius 1 is 1.12 bits per heavy atom. The number of ketones is 1. The van der Waals surface area contributed by atoms with Crippen LogP contribution in [0.2, 0.25) is 0 Å². The Balaban J connectivity index is 1.78. The van der Waals surface area contributed by atoms with Crippen LogP contribution in [-0.4, -0.2) is 38.1 Å². The van der Waals surface area contributed by atoms with E-state index in [1.165, 1.54) is 11.0 Å². The number of hydrogen-bond acceptors (Lipinski definition) is 6. The molecular formula is C17H13BrN4O3. The second-order valence-electron chi connectivity index (χ2n) is 5.19. The lowest BCUT2D eigenvalue weighted by molar-refractivity contribution is 0.0318. The topological polar surface area (TPSA) is 87.0 Å². The number of tetrazole rings is 1. The smallest absolute Gasteiger partial charge is 0.341 e. The van der Waals surface area contributed by atoms with Crippen molar-refractivity contribution in [3.8, 4) is 5.69 Å². The number of para-hydroxylation sites is 1. The molecule has 0 spiro atoms. The summed E-state index contributed by atoms with van der Waals surface area (Å²) in [6, 6.07) is 13.6. The number of aromatic nitrogens is 4. The molecule has 0 N–H and O–H groups in total. The molecule has 126 valence electrons. The number of Topliss-reactive ketones (excluding diaryl/α,β-unsaturated/α-hetero) is 1. The first-order valence-corrected chi connectivity index (χ1v) is 8.18. The van der Waals surface area contributed by atoms with Crippen LogP contribution in [0.1, 0.15) is 27.6 Å². The first kappa shape index (κ1) is 17.0. The molecule has 0 amide bonds. The average Bonchev–Trinajstić information content (AvgIpc) is 3.16. The van der Waals surface area contributed by atoms with Gasteiger partial charge in [0.25, 0.3) is 0 Å². The molecule has 0 aliphatic carbocycles. The molecular weight excluding hydrogens is 388 g/mol. The van der Waals surface area contributed by atoms with Crippen LogP contribution in [0.25, 0.3) is 5.69 Å². The number of carbonyl (C=O) groups excluding carboxylic acids is 2. The maximum atomic E-state index is 12.5. The maximum Gasteiger partial charge on any atom is 0.341 e. The highest BCUT2D eigenvalue weighted by molar-refractivity contribution is 9.10. The van der Waals surface area contributed by atoms with Crippen LogP contribution >= 0.6 is 15.9 Å². The van der Waals surface area contributed by atoms with E-state index in [1.54, 1.807) is 55.5 Å². The summed E-state index contributed by atoms with van der Waals surface area (Å²) in [5.74, 6) is -0.898. The van der Waals surface area contributed by atoms with E-state index in [4.69, 9.17) is 4.74 Å². The van der Waals surface area contributed by atoms with Crippen molar-refractivity contribution in [1.82, 2.24) is 20.2 Å². The van der Waals surface area contributed by atoms with Gasteiger partial charge in [-0.25, -0.2) is 4.79 Å². The largest absolute Gasteiger partial charge is 0.451 e. The number of rotatable bonds is 5. The van der Waals surface area contributed by atoms with Crippen molar-refractivity contribution in [3.63, 3.8) is 0 Å². The van der Waals surface area contributed by atoms with E-state index in [2.05, 4.69) is 31.5 Å². The second kappa shape index (κ2) is 7.35. The quantitative estimate of drug-likeness (QED) is 0.483. The average molecular weight is 401 g/mol. The molecule has 0 unspecified atom stereocenters. The molecule has 1 aromatic heterocycles. The zero-order valence-electron chi connectivity index (χ0n) is 13.2. The SMILES string of the molecule is C[C@@H](OC(=O)c1ccccc1-n1cnnn1)C(=O)c1ccc(Br)cc1. The van der Waals surface area contributed by atoms with E-state index < -0.39 is 12.1 Å². The molecule has 1 heterocycles. The number of benzene rings is 2. The summed E-state index contributed by atoms with van der Waals surface area (Å²) in [7, 11) is 0. The van der Waals surface area contributed by atoms with Gasteiger partial charge >= 0.3 is 5.97 Å². The molecule has 25 heavy (non-hydrogen) atoms. The number of nitrogens with zero attached hydrogens (tertiary/aromatic N) is 4. The number of carbonyl (C=O) groups is 2. The Bertz CT molecular complexity index is 895. The minimum Gasteiger partial charge on any atom is -0.451 e. The van der Waals surface area contributed by atoms with E-state index in [0.29, 0.717) is 11.3 Å². The Morgan fingerprint density at radius 3 is 2.52 bits per heavy atom. The van der Waals surface area contributed by atoms with Crippen molar-refractivity contribution in [1.29, 1.82) is 0 Å². The van der Waals surface area contributed by atoms with Gasteiger partial charge in [0.2, 0.25) is 5.78 Å². The zero-order valence-corrected chi connectivity index (χ0v) is 14.8. The summed E-state index contributed by atoms with van der Waals surface area (Å²) in [5.41, 5.74) is 1.21. The Labute approximate surface area is 151 Å². The molecule has 0 saturated carbocycles. The summed E-state index contributed by atoms with van der Waals surface area (Å²) in [4.78, 5) is 24.9. The summed E-state index contributed by atoms with van der Waals surface area (Å²) < 4.78 is 7.56. The fourth-order valence-corrected chi connectivity index (χ4v) is 2.51. The van der Waals surface area contributed by atoms with Crippen molar-refractivity contribution in [2.45, 2.75) is 13.0 Å². The molecule has 3 rings (SSSR count). The third-order valence-corrected chi connectivity index (χ3v) is 4.03. The van der Waals surface area contributed by atoms with Crippen molar-refractivity contribution < 1.29 is 14.3 Å². The fraction of sp³-hybridized carbons (Fsp3) is 0.118. The van der Waals surface area contributed by atoms with Crippen molar-refractivity contribution in [2.75, 3.05) is 0 Å². The van der Waals surface area contributed by atoms with E-state index in [-0.39, 0.29) is 11.3 Å². The first-order chi connectivity index (χ1) is 12.1. The van der Waals surface area contributed by atoms with Crippen molar-refractivity contribution in [3.05, 3.63) is 70.5 Å². The Kier molecular flexibility index (Phi) is 4.99. The predicted molar refractivity (Wildman–Crippen MR) is 92.5 cm³/mol. The van der Waals surface area contributed by atoms with Gasteiger partial charge in [0.1, 0.15) is 6.33 Å². The van der Waals surface area contributed by atoms with Crippen LogP contribution in [0.15, 0.2) is 59.3 Å². The molecule has 2 aromatic carbocycles. The summed E-state index contributed by atoms with van der Waals surface area (Å²) in [6.07, 6.45) is 0.457. The highest BCUT2D eigenvalue weighted by Crippen LogP contribution is 2.17. The Morgan fingerprint density at radius 2 is 1.84 bits per heavy atom. The molecule has 0 aliphatic rings. The van der Waals surface area contributed by atoms with E-state index in [1.807, 2.05) is 0 Å². The van der Waals surface area contributed by atoms with Crippen LogP contribution < -0.4 is 0 Å². The molecule has 0 aliphatic heterocycles. The number of ether oxygens (including phenoxy) is 1. The van der Waals surface area contributed by atoms with Crippen LogP contribution in [0.5, 0.6) is 0 Å². The minimum absolute atomic E-state index is 0.269. The van der Waals surface area contributed by atoms with Gasteiger partial charge in [0, 0.05) is 10.0 Å². The normalized spacial score (nSPS) is 11.8. The molecule has 0 radical (unpaired) electrons.